The lowest BCUT2D eigenvalue weighted by atomic mass is 10.3. The predicted octanol–water partition coefficient (Wildman–Crippen LogP) is -0.111. The van der Waals surface area contributed by atoms with E-state index in [1.165, 1.54) is 0 Å². The van der Waals surface area contributed by atoms with Gasteiger partial charge in [0.25, 0.3) is 0 Å². The molecule has 2 heterocycles. The zero-order chi connectivity index (χ0) is 10.3. The Balaban J connectivity index is 1.73. The summed E-state index contributed by atoms with van der Waals surface area (Å²) in [4.78, 5) is 2.02. The molecule has 0 radical (unpaired) electrons. The van der Waals surface area contributed by atoms with Crippen LogP contribution < -0.4 is 20.5 Å². The predicted molar refractivity (Wildman–Crippen MR) is 54.2 cm³/mol. The van der Waals surface area contributed by atoms with Gasteiger partial charge < -0.3 is 15.2 Å². The number of para-hydroxylation sites is 2. The maximum atomic E-state index is 5.73. The van der Waals surface area contributed by atoms with E-state index in [9.17, 15) is 0 Å². The molecule has 1 aromatic rings. The first-order valence-corrected chi connectivity index (χ1v) is 4.98. The van der Waals surface area contributed by atoms with Crippen LogP contribution in [-0.2, 0) is 0 Å². The van der Waals surface area contributed by atoms with Crippen molar-refractivity contribution in [3.05, 3.63) is 24.3 Å². The van der Waals surface area contributed by atoms with Gasteiger partial charge in [-0.15, -0.1) is 0 Å². The number of nitrogens with two attached hydrogens (primary N) is 1. The summed E-state index contributed by atoms with van der Waals surface area (Å²) in [5.41, 5.74) is 5.73. The number of hydrogen-bond acceptors (Lipinski definition) is 5. The van der Waals surface area contributed by atoms with Gasteiger partial charge in [0.1, 0.15) is 0 Å². The van der Waals surface area contributed by atoms with Gasteiger partial charge in [0.05, 0.1) is 12.8 Å². The summed E-state index contributed by atoms with van der Waals surface area (Å²) in [6, 6.07) is 7.66. The van der Waals surface area contributed by atoms with E-state index in [0.717, 1.165) is 18.0 Å². The van der Waals surface area contributed by atoms with Gasteiger partial charge in [0.2, 0.25) is 0 Å². The Labute approximate surface area is 87.8 Å². The van der Waals surface area contributed by atoms with Gasteiger partial charge in [-0.25, -0.2) is 4.90 Å². The Morgan fingerprint density at radius 3 is 2.47 bits per heavy atom. The molecule has 5 nitrogen and oxygen atoms in total. The van der Waals surface area contributed by atoms with Crippen molar-refractivity contribution in [3.63, 3.8) is 0 Å². The van der Waals surface area contributed by atoms with Gasteiger partial charge in [0, 0.05) is 6.54 Å². The maximum absolute atomic E-state index is 5.73. The van der Waals surface area contributed by atoms with Crippen LogP contribution in [0, 0.1) is 0 Å². The topological polar surface area (TPSA) is 59.8 Å². The smallest absolute Gasteiger partial charge is 0.306 e. The molecule has 0 saturated carbocycles. The second-order valence-electron chi connectivity index (χ2n) is 3.73. The molecule has 80 valence electrons. The molecule has 0 bridgehead atoms. The van der Waals surface area contributed by atoms with Crippen LogP contribution in [0.25, 0.3) is 0 Å². The standard InChI is InChI=1S/C10H13N3O2/c11-9-5-13(6-12-9)10-14-7-3-1-2-4-8(7)15-10/h1-4,9-10,12H,5-6,11H2. The summed E-state index contributed by atoms with van der Waals surface area (Å²) in [5, 5.41) is 3.12. The normalized spacial score (nSPS) is 26.1. The molecule has 2 aliphatic rings. The van der Waals surface area contributed by atoms with Crippen molar-refractivity contribution < 1.29 is 9.47 Å². The minimum Gasteiger partial charge on any atom is -0.438 e. The van der Waals surface area contributed by atoms with Crippen molar-refractivity contribution in [1.82, 2.24) is 10.2 Å². The fraction of sp³-hybridized carbons (Fsp3) is 0.400. The zero-order valence-electron chi connectivity index (χ0n) is 8.22. The van der Waals surface area contributed by atoms with Crippen LogP contribution in [0.4, 0.5) is 0 Å². The second-order valence-corrected chi connectivity index (χ2v) is 3.73. The van der Waals surface area contributed by atoms with E-state index in [1.54, 1.807) is 0 Å². The molecule has 1 fully saturated rings. The van der Waals surface area contributed by atoms with Crippen LogP contribution in [0.2, 0.25) is 0 Å². The summed E-state index contributed by atoms with van der Waals surface area (Å²) in [7, 11) is 0. The molecule has 1 aromatic carbocycles. The van der Waals surface area contributed by atoms with Gasteiger partial charge in [0.15, 0.2) is 11.5 Å². The highest BCUT2D eigenvalue weighted by Gasteiger charge is 2.33. The van der Waals surface area contributed by atoms with E-state index in [4.69, 9.17) is 15.2 Å². The highest BCUT2D eigenvalue weighted by atomic mass is 16.7. The third-order valence-corrected chi connectivity index (χ3v) is 2.59. The molecule has 3 rings (SSSR count). The Bertz CT molecular complexity index is 346. The van der Waals surface area contributed by atoms with Crippen LogP contribution in [0.3, 0.4) is 0 Å². The van der Waals surface area contributed by atoms with Crippen molar-refractivity contribution in [2.75, 3.05) is 13.2 Å². The molecule has 1 saturated heterocycles. The van der Waals surface area contributed by atoms with E-state index in [0.29, 0.717) is 6.67 Å². The minimum absolute atomic E-state index is 0.000845. The lowest BCUT2D eigenvalue weighted by Crippen LogP contribution is -2.40. The van der Waals surface area contributed by atoms with Crippen molar-refractivity contribution in [1.29, 1.82) is 0 Å². The molecule has 1 unspecified atom stereocenters. The molecular weight excluding hydrogens is 194 g/mol. The number of nitrogens with one attached hydrogen (secondary N) is 1. The molecule has 0 aromatic heterocycles. The van der Waals surface area contributed by atoms with Crippen LogP contribution in [0.15, 0.2) is 24.3 Å². The van der Waals surface area contributed by atoms with Gasteiger partial charge in [-0.05, 0) is 12.1 Å². The Morgan fingerprint density at radius 1 is 1.27 bits per heavy atom. The molecule has 15 heavy (non-hydrogen) atoms. The lowest BCUT2D eigenvalue weighted by Gasteiger charge is -2.20. The fourth-order valence-electron chi connectivity index (χ4n) is 1.81. The molecule has 0 aliphatic carbocycles. The average molecular weight is 207 g/mol. The third-order valence-electron chi connectivity index (χ3n) is 2.59. The number of fused-ring (bicyclic) bond motifs is 1. The van der Waals surface area contributed by atoms with Gasteiger partial charge >= 0.3 is 6.41 Å². The SMILES string of the molecule is NC1CN(C2Oc3ccccc3O2)CN1. The van der Waals surface area contributed by atoms with Gasteiger partial charge in [-0.1, -0.05) is 12.1 Å². The first kappa shape index (κ1) is 8.96. The third kappa shape index (κ3) is 1.54. The second kappa shape index (κ2) is 3.37. The summed E-state index contributed by atoms with van der Waals surface area (Å²) in [6.45, 7) is 1.43. The fourth-order valence-corrected chi connectivity index (χ4v) is 1.81. The zero-order valence-corrected chi connectivity index (χ0v) is 8.22. The Hall–Kier alpha value is -1.30. The number of benzene rings is 1. The summed E-state index contributed by atoms with van der Waals surface area (Å²) in [6.07, 6.45) is -0.343. The minimum atomic E-state index is -0.344. The maximum Gasteiger partial charge on any atom is 0.306 e. The van der Waals surface area contributed by atoms with E-state index < -0.39 is 0 Å². The average Bonchev–Trinajstić information content (AvgIpc) is 2.82. The molecule has 0 amide bonds. The van der Waals surface area contributed by atoms with Crippen LogP contribution in [0.1, 0.15) is 0 Å². The van der Waals surface area contributed by atoms with Gasteiger partial charge in [-0.2, -0.15) is 0 Å². The highest BCUT2D eigenvalue weighted by Crippen LogP contribution is 2.34. The Kier molecular flexibility index (Phi) is 2.02. The van der Waals surface area contributed by atoms with Crippen LogP contribution in [0.5, 0.6) is 11.5 Å². The first-order chi connectivity index (χ1) is 7.33. The number of rotatable bonds is 1. The van der Waals surface area contributed by atoms with Crippen molar-refractivity contribution in [2.24, 2.45) is 5.73 Å². The van der Waals surface area contributed by atoms with E-state index in [2.05, 4.69) is 5.32 Å². The van der Waals surface area contributed by atoms with Crippen molar-refractivity contribution in [3.8, 4) is 11.5 Å². The van der Waals surface area contributed by atoms with E-state index in [1.807, 2.05) is 29.2 Å². The summed E-state index contributed by atoms with van der Waals surface area (Å²) < 4.78 is 11.3. The molecule has 0 spiro atoms. The summed E-state index contributed by atoms with van der Waals surface area (Å²) >= 11 is 0. The van der Waals surface area contributed by atoms with Crippen LogP contribution >= 0.6 is 0 Å². The van der Waals surface area contributed by atoms with Crippen molar-refractivity contribution >= 4 is 0 Å². The highest BCUT2D eigenvalue weighted by molar-refractivity contribution is 5.41. The quantitative estimate of drug-likeness (QED) is 0.673. The number of nitrogens with zero attached hydrogens (tertiary/aromatic N) is 1. The number of hydrogen-bond donors (Lipinski definition) is 2. The van der Waals surface area contributed by atoms with Crippen LogP contribution in [-0.4, -0.2) is 30.7 Å². The van der Waals surface area contributed by atoms with Crippen molar-refractivity contribution in [2.45, 2.75) is 12.6 Å². The monoisotopic (exact) mass is 207 g/mol. The largest absolute Gasteiger partial charge is 0.438 e. The van der Waals surface area contributed by atoms with Gasteiger partial charge in [-0.3, -0.25) is 5.32 Å². The molecule has 3 N–H and O–H groups in total. The molecule has 2 aliphatic heterocycles. The molecular formula is C10H13N3O2. The Morgan fingerprint density at radius 2 is 1.93 bits per heavy atom. The molecule has 5 heteroatoms. The lowest BCUT2D eigenvalue weighted by molar-refractivity contribution is -0.0774. The summed E-state index contributed by atoms with van der Waals surface area (Å²) in [5.74, 6) is 1.59. The van der Waals surface area contributed by atoms with E-state index in [-0.39, 0.29) is 12.6 Å². The van der Waals surface area contributed by atoms with E-state index >= 15 is 0 Å². The molecule has 1 atom stereocenters. The number of ether oxygens (including phenoxy) is 2. The first-order valence-electron chi connectivity index (χ1n) is 4.98.